The minimum absolute atomic E-state index is 0.0162. The molecule has 0 unspecified atom stereocenters. The van der Waals surface area contributed by atoms with Gasteiger partial charge < -0.3 is 4.90 Å². The zero-order chi connectivity index (χ0) is 24.4. The molecule has 0 bridgehead atoms. The highest BCUT2D eigenvalue weighted by atomic mass is 35.5. The number of anilines is 1. The summed E-state index contributed by atoms with van der Waals surface area (Å²) in [5, 5.41) is 1.80. The van der Waals surface area contributed by atoms with Crippen molar-refractivity contribution in [1.82, 2.24) is 4.90 Å². The van der Waals surface area contributed by atoms with Crippen LogP contribution < -0.4 is 4.90 Å². The lowest BCUT2D eigenvalue weighted by atomic mass is 10.2. The first kappa shape index (κ1) is 28.3. The van der Waals surface area contributed by atoms with Crippen molar-refractivity contribution in [3.63, 3.8) is 0 Å². The van der Waals surface area contributed by atoms with Crippen LogP contribution in [0.5, 0.6) is 0 Å². The van der Waals surface area contributed by atoms with Gasteiger partial charge in [-0.1, -0.05) is 87.9 Å². The minimum atomic E-state index is -4.34. The van der Waals surface area contributed by atoms with E-state index in [1.165, 1.54) is 6.07 Å². The Bertz CT molecular complexity index is 723. The second-order valence-corrected chi connectivity index (χ2v) is 16.1. The molecule has 2 nitrogen and oxygen atoms in total. The van der Waals surface area contributed by atoms with Gasteiger partial charge in [-0.3, -0.25) is 4.90 Å². The van der Waals surface area contributed by atoms with Crippen molar-refractivity contribution >= 4 is 25.2 Å². The molecular weight excluding hydrogens is 440 g/mol. The number of alkyl halides is 3. The highest BCUT2D eigenvalue weighted by molar-refractivity contribution is 7.62. The fourth-order valence-electron chi connectivity index (χ4n) is 4.78. The summed E-state index contributed by atoms with van der Waals surface area (Å²) >= 11 is 6.03. The van der Waals surface area contributed by atoms with Gasteiger partial charge in [-0.25, -0.2) is 0 Å². The highest BCUT2D eigenvalue weighted by Crippen LogP contribution is 2.66. The molecule has 0 aromatic heterocycles. The molecule has 0 saturated heterocycles. The third-order valence-electron chi connectivity index (χ3n) is 4.71. The van der Waals surface area contributed by atoms with Crippen LogP contribution in [0, 0.1) is 0 Å². The Hall–Kier alpha value is -0.770. The molecule has 0 amide bonds. The molecule has 0 spiro atoms. The maximum Gasteiger partial charge on any atom is 0.416 e. The Labute approximate surface area is 193 Å². The van der Waals surface area contributed by atoms with E-state index in [-0.39, 0.29) is 7.92 Å². The summed E-state index contributed by atoms with van der Waals surface area (Å²) in [6.07, 6.45) is -2.57. The van der Waals surface area contributed by atoms with Crippen LogP contribution in [0.1, 0.15) is 67.9 Å². The summed E-state index contributed by atoms with van der Waals surface area (Å²) in [5.74, 6) is 0. The molecule has 1 aliphatic heterocycles. The first-order valence-corrected chi connectivity index (χ1v) is 12.3. The maximum absolute atomic E-state index is 12.6. The number of benzene rings is 1. The Balaban J connectivity index is 0.000000330. The van der Waals surface area contributed by atoms with E-state index in [0.29, 0.717) is 39.5 Å². The Morgan fingerprint density at radius 3 is 1.74 bits per heavy atom. The molecule has 0 atom stereocenters. The topological polar surface area (TPSA) is 6.48 Å². The van der Waals surface area contributed by atoms with Gasteiger partial charge in [0.1, 0.15) is 5.16 Å². The van der Waals surface area contributed by atoms with Crippen molar-refractivity contribution in [3.05, 3.63) is 41.1 Å². The molecule has 0 radical (unpaired) electrons. The van der Waals surface area contributed by atoms with Crippen LogP contribution in [0.25, 0.3) is 0 Å². The monoisotopic (exact) mass is 478 g/mol. The lowest BCUT2D eigenvalue weighted by molar-refractivity contribution is -0.137. The van der Waals surface area contributed by atoms with Gasteiger partial charge in [-0.05, 0) is 46.8 Å². The number of hydrogen-bond acceptors (Lipinski definition) is 2. The number of hydrogen-bond donors (Lipinski definition) is 0. The van der Waals surface area contributed by atoms with E-state index in [0.717, 1.165) is 12.1 Å². The number of likely N-dealkylation sites (N-methyl/N-ethyl adjacent to an activating group) is 1. The van der Waals surface area contributed by atoms with Crippen LogP contribution >= 0.6 is 19.5 Å². The molecule has 0 N–H and O–H groups in total. The second-order valence-electron chi connectivity index (χ2n) is 11.0. The molecule has 1 aromatic rings. The second kappa shape index (κ2) is 10.0. The van der Waals surface area contributed by atoms with Gasteiger partial charge in [0.05, 0.1) is 12.2 Å². The lowest BCUT2D eigenvalue weighted by Crippen LogP contribution is -2.38. The third-order valence-corrected chi connectivity index (χ3v) is 9.09. The summed E-state index contributed by atoms with van der Waals surface area (Å²) in [4.78, 5) is 3.59. The first-order valence-electron chi connectivity index (χ1n) is 10.5. The van der Waals surface area contributed by atoms with Crippen LogP contribution in [0.2, 0.25) is 0 Å². The molecule has 0 aliphatic carbocycles. The Morgan fingerprint density at radius 1 is 0.871 bits per heavy atom. The highest BCUT2D eigenvalue weighted by Gasteiger charge is 2.41. The van der Waals surface area contributed by atoms with Crippen molar-refractivity contribution in [1.29, 1.82) is 0 Å². The Kier molecular flexibility index (Phi) is 9.13. The standard InChI is InChI=1S/C12H12ClF3N2.C12H27P/c1-17-6-5-11(13)18(8-17)10-4-2-3-9(7-10)12(14,15)16;1-10(2,3)13(11(4,5)6)12(7,8)9/h2-5,7H,6,8H2,1H3;1-9H3. The minimum Gasteiger partial charge on any atom is -0.319 e. The van der Waals surface area contributed by atoms with E-state index in [9.17, 15) is 13.2 Å². The molecule has 7 heteroatoms. The lowest BCUT2D eigenvalue weighted by Gasteiger charge is -2.49. The third kappa shape index (κ3) is 8.59. The average Bonchev–Trinajstić information content (AvgIpc) is 2.52. The van der Waals surface area contributed by atoms with Crippen LogP contribution in [-0.2, 0) is 6.18 Å². The van der Waals surface area contributed by atoms with Crippen molar-refractivity contribution in [3.8, 4) is 0 Å². The Morgan fingerprint density at radius 2 is 1.35 bits per heavy atom. The molecule has 31 heavy (non-hydrogen) atoms. The van der Waals surface area contributed by atoms with Crippen LogP contribution in [-0.4, -0.2) is 40.6 Å². The van der Waals surface area contributed by atoms with E-state index < -0.39 is 11.7 Å². The number of halogens is 4. The van der Waals surface area contributed by atoms with Gasteiger partial charge in [0.2, 0.25) is 0 Å². The molecule has 1 aromatic carbocycles. The van der Waals surface area contributed by atoms with E-state index in [4.69, 9.17) is 11.6 Å². The van der Waals surface area contributed by atoms with Gasteiger partial charge >= 0.3 is 6.18 Å². The van der Waals surface area contributed by atoms with E-state index in [1.54, 1.807) is 17.0 Å². The van der Waals surface area contributed by atoms with Gasteiger partial charge in [0, 0.05) is 12.2 Å². The summed E-state index contributed by atoms with van der Waals surface area (Å²) in [6.45, 7) is 22.6. The number of nitrogens with zero attached hydrogens (tertiary/aromatic N) is 2. The van der Waals surface area contributed by atoms with Crippen molar-refractivity contribution in [2.45, 2.75) is 84.0 Å². The molecule has 0 saturated carbocycles. The van der Waals surface area contributed by atoms with Gasteiger partial charge in [-0.15, -0.1) is 0 Å². The number of rotatable bonds is 1. The summed E-state index contributed by atoms with van der Waals surface area (Å²) in [6, 6.07) is 5.16. The summed E-state index contributed by atoms with van der Waals surface area (Å²) < 4.78 is 37.9. The van der Waals surface area contributed by atoms with Gasteiger partial charge in [-0.2, -0.15) is 13.2 Å². The summed E-state index contributed by atoms with van der Waals surface area (Å²) in [5.41, 5.74) is -0.227. The van der Waals surface area contributed by atoms with Crippen molar-refractivity contribution in [2.75, 3.05) is 25.2 Å². The zero-order valence-electron chi connectivity index (χ0n) is 20.7. The van der Waals surface area contributed by atoms with Crippen molar-refractivity contribution < 1.29 is 13.2 Å². The van der Waals surface area contributed by atoms with E-state index in [1.807, 2.05) is 11.9 Å². The predicted octanol–water partition coefficient (Wildman–Crippen LogP) is 8.36. The fourth-order valence-corrected chi connectivity index (χ4v) is 11.0. The molecular formula is C24H39ClF3N2P. The normalized spacial score (nSPS) is 16.7. The first-order chi connectivity index (χ1) is 13.7. The summed E-state index contributed by atoms with van der Waals surface area (Å²) in [7, 11) is 1.89. The smallest absolute Gasteiger partial charge is 0.319 e. The van der Waals surface area contributed by atoms with Gasteiger partial charge in [0.25, 0.3) is 0 Å². The molecule has 1 heterocycles. The molecule has 1 aliphatic rings. The molecule has 0 fully saturated rings. The van der Waals surface area contributed by atoms with Gasteiger partial charge in [0.15, 0.2) is 0 Å². The maximum atomic E-state index is 12.6. The largest absolute Gasteiger partial charge is 0.416 e. The van der Waals surface area contributed by atoms with Crippen molar-refractivity contribution in [2.24, 2.45) is 0 Å². The van der Waals surface area contributed by atoms with Crippen LogP contribution in [0.4, 0.5) is 18.9 Å². The SMILES string of the molecule is CC(C)(C)P(C(C)(C)C)C(C)(C)C.CN1CC=C(Cl)N(c2cccc(C(F)(F)F)c2)C1. The quantitative estimate of drug-likeness (QED) is 0.295. The predicted molar refractivity (Wildman–Crippen MR) is 132 cm³/mol. The van der Waals surface area contributed by atoms with Crippen LogP contribution in [0.3, 0.4) is 0 Å². The zero-order valence-corrected chi connectivity index (χ0v) is 22.3. The van der Waals surface area contributed by atoms with Crippen LogP contribution in [0.15, 0.2) is 35.5 Å². The van der Waals surface area contributed by atoms with E-state index >= 15 is 0 Å². The van der Waals surface area contributed by atoms with E-state index in [2.05, 4.69) is 62.3 Å². The molecule has 2 rings (SSSR count). The molecule has 178 valence electrons. The average molecular weight is 479 g/mol. The fraction of sp³-hybridized carbons (Fsp3) is 0.667.